The Morgan fingerprint density at radius 1 is 1.42 bits per heavy atom. The van der Waals surface area contributed by atoms with Crippen LogP contribution in [0.25, 0.3) is 0 Å². The van der Waals surface area contributed by atoms with Gasteiger partial charge in [0, 0.05) is 25.6 Å². The summed E-state index contributed by atoms with van der Waals surface area (Å²) >= 11 is 0. The van der Waals surface area contributed by atoms with Crippen molar-refractivity contribution in [3.63, 3.8) is 0 Å². The molecule has 4 heteroatoms. The van der Waals surface area contributed by atoms with E-state index in [1.165, 1.54) is 24.0 Å². The first-order valence-electron chi connectivity index (χ1n) is 8.86. The lowest BCUT2D eigenvalue weighted by Crippen LogP contribution is -2.42. The molecule has 0 saturated carbocycles. The van der Waals surface area contributed by atoms with Crippen LogP contribution in [-0.2, 0) is 6.54 Å². The van der Waals surface area contributed by atoms with Crippen LogP contribution in [0.1, 0.15) is 38.2 Å². The van der Waals surface area contributed by atoms with E-state index in [0.29, 0.717) is 19.1 Å². The topological polar surface area (TPSA) is 48.3 Å². The zero-order chi connectivity index (χ0) is 17.2. The molecule has 0 atom stereocenters. The molecule has 4 nitrogen and oxygen atoms in total. The molecule has 0 unspecified atom stereocenters. The Labute approximate surface area is 146 Å². The average molecular weight is 327 g/mol. The Kier molecular flexibility index (Phi) is 7.81. The molecule has 0 amide bonds. The van der Waals surface area contributed by atoms with Gasteiger partial charge in [-0.2, -0.15) is 5.26 Å². The number of benzene rings is 1. The van der Waals surface area contributed by atoms with E-state index in [4.69, 9.17) is 10.00 Å². The van der Waals surface area contributed by atoms with Gasteiger partial charge in [-0.05, 0) is 57.0 Å². The number of nitriles is 1. The second-order valence-electron chi connectivity index (χ2n) is 6.65. The van der Waals surface area contributed by atoms with Crippen LogP contribution in [-0.4, -0.2) is 37.2 Å². The van der Waals surface area contributed by atoms with Gasteiger partial charge in [0.2, 0.25) is 0 Å². The fourth-order valence-electron chi connectivity index (χ4n) is 3.03. The van der Waals surface area contributed by atoms with Gasteiger partial charge in [0.15, 0.2) is 0 Å². The second-order valence-corrected chi connectivity index (χ2v) is 6.65. The lowest BCUT2D eigenvalue weighted by molar-refractivity contribution is 0.211. The summed E-state index contributed by atoms with van der Waals surface area (Å²) in [6, 6.07) is 11.0. The predicted molar refractivity (Wildman–Crippen MR) is 97.9 cm³/mol. The van der Waals surface area contributed by atoms with Gasteiger partial charge in [-0.25, -0.2) is 0 Å². The fourth-order valence-corrected chi connectivity index (χ4v) is 3.03. The molecule has 130 valence electrons. The molecule has 1 saturated heterocycles. The van der Waals surface area contributed by atoms with E-state index in [1.54, 1.807) is 0 Å². The largest absolute Gasteiger partial charge is 0.494 e. The number of nitrogens with zero attached hydrogens (tertiary/aromatic N) is 2. The zero-order valence-corrected chi connectivity index (χ0v) is 14.8. The fraction of sp³-hybridized carbons (Fsp3) is 0.550. The summed E-state index contributed by atoms with van der Waals surface area (Å²) in [4.78, 5) is 2.48. The van der Waals surface area contributed by atoms with Crippen LogP contribution in [0.2, 0.25) is 0 Å². The summed E-state index contributed by atoms with van der Waals surface area (Å²) in [5.74, 6) is 0.892. The first-order chi connectivity index (χ1) is 11.7. The van der Waals surface area contributed by atoms with Gasteiger partial charge in [0.1, 0.15) is 5.75 Å². The summed E-state index contributed by atoms with van der Waals surface area (Å²) in [6.07, 6.45) is 3.71. The van der Waals surface area contributed by atoms with Crippen molar-refractivity contribution in [1.82, 2.24) is 10.2 Å². The van der Waals surface area contributed by atoms with Crippen LogP contribution in [0.3, 0.4) is 0 Å². The zero-order valence-electron chi connectivity index (χ0n) is 14.8. The standard InChI is InChI=1S/C20H29N3O/c1-17(2)16-23-11-8-19(9-12-23)22-15-18-6-5-7-20(14-18)24-13-4-3-10-21/h5-7,14,19,22H,1,3-4,8-9,11-13,15-16H2,2H3. The van der Waals surface area contributed by atoms with Crippen molar-refractivity contribution >= 4 is 0 Å². The van der Waals surface area contributed by atoms with Gasteiger partial charge >= 0.3 is 0 Å². The van der Waals surface area contributed by atoms with E-state index >= 15 is 0 Å². The molecule has 24 heavy (non-hydrogen) atoms. The van der Waals surface area contributed by atoms with E-state index in [2.05, 4.69) is 41.9 Å². The highest BCUT2D eigenvalue weighted by Gasteiger charge is 2.18. The Morgan fingerprint density at radius 3 is 2.92 bits per heavy atom. The highest BCUT2D eigenvalue weighted by molar-refractivity contribution is 5.28. The maximum absolute atomic E-state index is 8.54. The smallest absolute Gasteiger partial charge is 0.119 e. The minimum atomic E-state index is 0.547. The number of rotatable bonds is 9. The summed E-state index contributed by atoms with van der Waals surface area (Å²) in [6.45, 7) is 10.9. The molecule has 0 spiro atoms. The third kappa shape index (κ3) is 6.74. The molecule has 0 radical (unpaired) electrons. The van der Waals surface area contributed by atoms with E-state index in [0.717, 1.165) is 38.3 Å². The number of hydrogen-bond donors (Lipinski definition) is 1. The molecule has 1 aromatic rings. The monoisotopic (exact) mass is 327 g/mol. The Balaban J connectivity index is 1.71. The van der Waals surface area contributed by atoms with Crippen molar-refractivity contribution in [2.24, 2.45) is 0 Å². The third-order valence-corrected chi connectivity index (χ3v) is 4.28. The molecule has 0 aliphatic carbocycles. The molecule has 1 N–H and O–H groups in total. The Bertz CT molecular complexity index is 556. The number of ether oxygens (including phenoxy) is 1. The minimum absolute atomic E-state index is 0.547. The van der Waals surface area contributed by atoms with Crippen LogP contribution in [0.5, 0.6) is 5.75 Å². The van der Waals surface area contributed by atoms with Crippen LogP contribution >= 0.6 is 0 Å². The van der Waals surface area contributed by atoms with Crippen molar-refractivity contribution in [3.05, 3.63) is 42.0 Å². The summed E-state index contributed by atoms with van der Waals surface area (Å²) in [5.41, 5.74) is 2.49. The highest BCUT2D eigenvalue weighted by Crippen LogP contribution is 2.16. The lowest BCUT2D eigenvalue weighted by atomic mass is 10.0. The predicted octanol–water partition coefficient (Wildman–Crippen LogP) is 3.50. The molecule has 2 rings (SSSR count). The molecule has 1 fully saturated rings. The average Bonchev–Trinajstić information content (AvgIpc) is 2.58. The van der Waals surface area contributed by atoms with Gasteiger partial charge in [0.05, 0.1) is 12.7 Å². The van der Waals surface area contributed by atoms with E-state index in [1.807, 2.05) is 12.1 Å². The second kappa shape index (κ2) is 10.1. The first-order valence-corrected chi connectivity index (χ1v) is 8.86. The summed E-state index contributed by atoms with van der Waals surface area (Å²) < 4.78 is 5.70. The Hall–Kier alpha value is -1.83. The summed E-state index contributed by atoms with van der Waals surface area (Å²) in [7, 11) is 0. The highest BCUT2D eigenvalue weighted by atomic mass is 16.5. The van der Waals surface area contributed by atoms with Crippen LogP contribution < -0.4 is 10.1 Å². The van der Waals surface area contributed by atoms with Crippen molar-refractivity contribution in [2.45, 2.75) is 45.2 Å². The molecule has 0 aromatic heterocycles. The molecule has 1 aliphatic rings. The minimum Gasteiger partial charge on any atom is -0.494 e. The number of nitrogens with one attached hydrogen (secondary N) is 1. The van der Waals surface area contributed by atoms with Gasteiger partial charge in [-0.1, -0.05) is 24.3 Å². The van der Waals surface area contributed by atoms with Gasteiger partial charge < -0.3 is 10.1 Å². The van der Waals surface area contributed by atoms with E-state index in [9.17, 15) is 0 Å². The van der Waals surface area contributed by atoms with Crippen molar-refractivity contribution < 1.29 is 4.74 Å². The Morgan fingerprint density at radius 2 is 2.21 bits per heavy atom. The van der Waals surface area contributed by atoms with Crippen LogP contribution in [0.4, 0.5) is 0 Å². The quantitative estimate of drug-likeness (QED) is 0.557. The number of likely N-dealkylation sites (tertiary alicyclic amines) is 1. The van der Waals surface area contributed by atoms with Crippen molar-refractivity contribution in [2.75, 3.05) is 26.2 Å². The summed E-state index contributed by atoms with van der Waals surface area (Å²) in [5, 5.41) is 12.2. The van der Waals surface area contributed by atoms with E-state index < -0.39 is 0 Å². The van der Waals surface area contributed by atoms with Crippen molar-refractivity contribution in [3.8, 4) is 11.8 Å². The number of piperidine rings is 1. The molecule has 1 heterocycles. The maximum Gasteiger partial charge on any atom is 0.119 e. The van der Waals surface area contributed by atoms with E-state index in [-0.39, 0.29) is 0 Å². The molecule has 0 bridgehead atoms. The molecule has 1 aromatic carbocycles. The maximum atomic E-state index is 8.54. The molecular weight excluding hydrogens is 298 g/mol. The van der Waals surface area contributed by atoms with Crippen molar-refractivity contribution in [1.29, 1.82) is 5.26 Å². The first kappa shape index (κ1) is 18.5. The number of unbranched alkanes of at least 4 members (excludes halogenated alkanes) is 1. The SMILES string of the molecule is C=C(C)CN1CCC(NCc2cccc(OCCCC#N)c2)CC1. The van der Waals surface area contributed by atoms with Crippen LogP contribution in [0, 0.1) is 11.3 Å². The lowest BCUT2D eigenvalue weighted by Gasteiger charge is -2.32. The molecular formula is C20H29N3O. The van der Waals surface area contributed by atoms with Gasteiger partial charge in [0.25, 0.3) is 0 Å². The van der Waals surface area contributed by atoms with Gasteiger partial charge in [-0.3, -0.25) is 4.90 Å². The third-order valence-electron chi connectivity index (χ3n) is 4.28. The van der Waals surface area contributed by atoms with Gasteiger partial charge in [-0.15, -0.1) is 0 Å². The molecule has 1 aliphatic heterocycles. The number of hydrogen-bond acceptors (Lipinski definition) is 4. The normalized spacial score (nSPS) is 15.8. The van der Waals surface area contributed by atoms with Crippen LogP contribution in [0.15, 0.2) is 36.4 Å².